The number of rotatable bonds is 7. The van der Waals surface area contributed by atoms with Crippen LogP contribution in [-0.4, -0.2) is 69.4 Å². The van der Waals surface area contributed by atoms with E-state index in [1.165, 1.54) is 0 Å². The second kappa shape index (κ2) is 7.55. The predicted octanol–water partition coefficient (Wildman–Crippen LogP) is -1.12. The van der Waals surface area contributed by atoms with Gasteiger partial charge in [0.05, 0.1) is 6.26 Å². The number of amides is 1. The molecule has 116 valence electrons. The van der Waals surface area contributed by atoms with E-state index in [-0.39, 0.29) is 18.4 Å². The van der Waals surface area contributed by atoms with Crippen LogP contribution in [0, 0.1) is 5.92 Å². The Bertz CT molecular complexity index is 450. The van der Waals surface area contributed by atoms with Gasteiger partial charge in [-0.05, 0) is 18.8 Å². The van der Waals surface area contributed by atoms with Crippen LogP contribution in [0.15, 0.2) is 0 Å². The van der Waals surface area contributed by atoms with E-state index < -0.39 is 22.6 Å². The number of carboxylic acids is 1. The molecule has 1 aliphatic heterocycles. The van der Waals surface area contributed by atoms with E-state index in [1.807, 2.05) is 0 Å². The molecule has 1 rings (SSSR count). The Labute approximate surface area is 118 Å². The summed E-state index contributed by atoms with van der Waals surface area (Å²) in [6.07, 6.45) is 2.74. The number of nitrogens with zero attached hydrogens (tertiary/aromatic N) is 1. The molecular formula is C11H20N2O6S. The highest BCUT2D eigenvalue weighted by atomic mass is 32.2. The third-order valence-corrected chi connectivity index (χ3v) is 3.65. The maximum absolute atomic E-state index is 11.8. The number of hydrogen-bond donors (Lipinski definition) is 2. The Morgan fingerprint density at radius 1 is 1.40 bits per heavy atom. The number of hydrogen-bond acceptors (Lipinski definition) is 5. The summed E-state index contributed by atoms with van der Waals surface area (Å²) in [4.78, 5) is 23.7. The van der Waals surface area contributed by atoms with Crippen LogP contribution in [0.4, 0.5) is 0 Å². The molecule has 0 radical (unpaired) electrons. The third-order valence-electron chi connectivity index (χ3n) is 2.96. The van der Waals surface area contributed by atoms with Crippen molar-refractivity contribution in [3.63, 3.8) is 0 Å². The number of sulfonamides is 1. The molecule has 1 fully saturated rings. The molecule has 2 N–H and O–H groups in total. The Morgan fingerprint density at radius 3 is 2.70 bits per heavy atom. The lowest BCUT2D eigenvalue weighted by Gasteiger charge is -2.32. The lowest BCUT2D eigenvalue weighted by atomic mass is 9.98. The number of nitrogens with one attached hydrogen (secondary N) is 1. The second-order valence-electron chi connectivity index (χ2n) is 4.86. The fourth-order valence-corrected chi connectivity index (χ4v) is 2.58. The van der Waals surface area contributed by atoms with Gasteiger partial charge in [-0.2, -0.15) is 0 Å². The molecule has 1 atom stereocenters. The van der Waals surface area contributed by atoms with Crippen LogP contribution in [0.5, 0.6) is 0 Å². The molecule has 9 heteroatoms. The lowest BCUT2D eigenvalue weighted by Crippen LogP contribution is -2.45. The molecule has 0 spiro atoms. The van der Waals surface area contributed by atoms with Gasteiger partial charge in [0, 0.05) is 19.6 Å². The van der Waals surface area contributed by atoms with E-state index in [9.17, 15) is 18.0 Å². The SMILES string of the molecule is CS(=O)(=O)NCC1CCCN(C(=O)COCC(=O)O)C1. The normalized spacial score (nSPS) is 19.9. The lowest BCUT2D eigenvalue weighted by molar-refractivity contribution is -0.146. The van der Waals surface area contributed by atoms with E-state index >= 15 is 0 Å². The molecule has 1 unspecified atom stereocenters. The van der Waals surface area contributed by atoms with Gasteiger partial charge in [0.25, 0.3) is 0 Å². The van der Waals surface area contributed by atoms with E-state index in [4.69, 9.17) is 9.84 Å². The molecule has 8 nitrogen and oxygen atoms in total. The molecule has 20 heavy (non-hydrogen) atoms. The highest BCUT2D eigenvalue weighted by Crippen LogP contribution is 2.16. The van der Waals surface area contributed by atoms with Crippen molar-refractivity contribution < 1.29 is 27.9 Å². The minimum Gasteiger partial charge on any atom is -0.480 e. The first kappa shape index (κ1) is 16.9. The van der Waals surface area contributed by atoms with Gasteiger partial charge in [-0.25, -0.2) is 17.9 Å². The van der Waals surface area contributed by atoms with Gasteiger partial charge in [-0.1, -0.05) is 0 Å². The van der Waals surface area contributed by atoms with Gasteiger partial charge >= 0.3 is 5.97 Å². The first-order valence-corrected chi connectivity index (χ1v) is 8.19. The Kier molecular flexibility index (Phi) is 6.37. The summed E-state index contributed by atoms with van der Waals surface area (Å²) in [6.45, 7) is 0.582. The molecule has 0 aromatic heterocycles. The summed E-state index contributed by atoms with van der Waals surface area (Å²) in [5.74, 6) is -1.32. The zero-order valence-corrected chi connectivity index (χ0v) is 12.2. The third kappa shape index (κ3) is 6.83. The van der Waals surface area contributed by atoms with E-state index in [1.54, 1.807) is 4.90 Å². The molecular weight excluding hydrogens is 288 g/mol. The minimum absolute atomic E-state index is 0.0712. The van der Waals surface area contributed by atoms with Crippen LogP contribution in [0.1, 0.15) is 12.8 Å². The van der Waals surface area contributed by atoms with E-state index in [0.29, 0.717) is 19.6 Å². The van der Waals surface area contributed by atoms with Crippen LogP contribution < -0.4 is 4.72 Å². The second-order valence-corrected chi connectivity index (χ2v) is 6.69. The summed E-state index contributed by atoms with van der Waals surface area (Å²) in [6, 6.07) is 0. The summed E-state index contributed by atoms with van der Waals surface area (Å²) < 4.78 is 29.2. The van der Waals surface area contributed by atoms with Crippen molar-refractivity contribution in [1.82, 2.24) is 9.62 Å². The summed E-state index contributed by atoms with van der Waals surface area (Å²) in [5, 5.41) is 8.41. The quantitative estimate of drug-likeness (QED) is 0.615. The molecule has 1 amide bonds. The van der Waals surface area contributed by atoms with Crippen molar-refractivity contribution in [2.45, 2.75) is 12.8 Å². The molecule has 1 saturated heterocycles. The van der Waals surface area contributed by atoms with Crippen molar-refractivity contribution in [2.24, 2.45) is 5.92 Å². The van der Waals surface area contributed by atoms with Crippen LogP contribution in [-0.2, 0) is 24.3 Å². The van der Waals surface area contributed by atoms with Gasteiger partial charge in [0.15, 0.2) is 0 Å². The standard InChI is InChI=1S/C11H20N2O6S/c1-20(17,18)12-5-9-3-2-4-13(6-9)10(14)7-19-8-11(15)16/h9,12H,2-8H2,1H3,(H,15,16). The minimum atomic E-state index is -3.23. The Morgan fingerprint density at radius 2 is 2.10 bits per heavy atom. The molecule has 0 saturated carbocycles. The van der Waals surface area contributed by atoms with E-state index in [0.717, 1.165) is 19.1 Å². The number of piperidine rings is 1. The maximum Gasteiger partial charge on any atom is 0.329 e. The average molecular weight is 308 g/mol. The van der Waals surface area contributed by atoms with Crippen molar-refractivity contribution in [1.29, 1.82) is 0 Å². The fraction of sp³-hybridized carbons (Fsp3) is 0.818. The topological polar surface area (TPSA) is 113 Å². The summed E-state index contributed by atoms with van der Waals surface area (Å²) >= 11 is 0. The smallest absolute Gasteiger partial charge is 0.329 e. The van der Waals surface area contributed by atoms with Gasteiger partial charge in [-0.3, -0.25) is 4.79 Å². The zero-order chi connectivity index (χ0) is 15.2. The molecule has 0 bridgehead atoms. The molecule has 0 aliphatic carbocycles. The number of carboxylic acid groups (broad SMARTS) is 1. The zero-order valence-electron chi connectivity index (χ0n) is 11.4. The Balaban J connectivity index is 2.36. The van der Waals surface area contributed by atoms with Crippen molar-refractivity contribution >= 4 is 21.9 Å². The Hall–Kier alpha value is -1.19. The maximum atomic E-state index is 11.8. The van der Waals surface area contributed by atoms with Crippen molar-refractivity contribution in [2.75, 3.05) is 39.1 Å². The fourth-order valence-electron chi connectivity index (χ4n) is 2.04. The molecule has 0 aromatic rings. The summed E-state index contributed by atoms with van der Waals surface area (Å²) in [5.41, 5.74) is 0. The number of likely N-dealkylation sites (tertiary alicyclic amines) is 1. The molecule has 0 aromatic carbocycles. The number of carbonyl (C=O) groups is 2. The first-order chi connectivity index (χ1) is 9.28. The number of carbonyl (C=O) groups excluding carboxylic acids is 1. The average Bonchev–Trinajstić information content (AvgIpc) is 2.35. The first-order valence-electron chi connectivity index (χ1n) is 6.30. The van der Waals surface area contributed by atoms with Crippen molar-refractivity contribution in [3.05, 3.63) is 0 Å². The van der Waals surface area contributed by atoms with Crippen LogP contribution in [0.25, 0.3) is 0 Å². The van der Waals surface area contributed by atoms with Crippen molar-refractivity contribution in [3.8, 4) is 0 Å². The van der Waals surface area contributed by atoms with Gasteiger partial charge < -0.3 is 14.7 Å². The highest BCUT2D eigenvalue weighted by molar-refractivity contribution is 7.88. The number of aliphatic carboxylic acids is 1. The van der Waals surface area contributed by atoms with Gasteiger partial charge in [0.1, 0.15) is 13.2 Å². The van der Waals surface area contributed by atoms with Crippen LogP contribution in [0.3, 0.4) is 0 Å². The summed E-state index contributed by atoms with van der Waals surface area (Å²) in [7, 11) is -3.23. The van der Waals surface area contributed by atoms with Crippen LogP contribution in [0.2, 0.25) is 0 Å². The van der Waals surface area contributed by atoms with Gasteiger partial charge in [-0.15, -0.1) is 0 Å². The predicted molar refractivity (Wildman–Crippen MR) is 70.6 cm³/mol. The van der Waals surface area contributed by atoms with Crippen LogP contribution >= 0.6 is 0 Å². The molecule has 1 heterocycles. The largest absolute Gasteiger partial charge is 0.480 e. The highest BCUT2D eigenvalue weighted by Gasteiger charge is 2.24. The monoisotopic (exact) mass is 308 g/mol. The number of ether oxygens (including phenoxy) is 1. The van der Waals surface area contributed by atoms with E-state index in [2.05, 4.69) is 4.72 Å². The molecule has 1 aliphatic rings. The van der Waals surface area contributed by atoms with Gasteiger partial charge in [0.2, 0.25) is 15.9 Å².